The summed E-state index contributed by atoms with van der Waals surface area (Å²) in [4.78, 5) is 4.52. The number of nitrogen functional groups attached to an aromatic ring is 1. The fraction of sp³-hybridized carbons (Fsp3) is 0.125. The molecule has 0 atom stereocenters. The van der Waals surface area contributed by atoms with Gasteiger partial charge in [0.15, 0.2) is 5.82 Å². The number of H-pyrrole nitrogens is 1. The van der Waals surface area contributed by atoms with E-state index in [1.165, 1.54) is 5.56 Å². The van der Waals surface area contributed by atoms with Gasteiger partial charge >= 0.3 is 0 Å². The van der Waals surface area contributed by atoms with E-state index in [9.17, 15) is 0 Å². The molecule has 0 fully saturated rings. The first-order valence-electron chi connectivity index (χ1n) is 6.62. The zero-order valence-electron chi connectivity index (χ0n) is 11.1. The van der Waals surface area contributed by atoms with E-state index >= 15 is 0 Å². The minimum absolute atomic E-state index is 0.748. The highest BCUT2D eigenvalue weighted by molar-refractivity contribution is 5.53. The van der Waals surface area contributed by atoms with Crippen LogP contribution in [-0.2, 0) is 12.8 Å². The Labute approximate surface area is 117 Å². The van der Waals surface area contributed by atoms with Crippen LogP contribution in [0.25, 0.3) is 11.4 Å². The molecule has 3 aromatic rings. The van der Waals surface area contributed by atoms with Crippen molar-refractivity contribution in [2.45, 2.75) is 12.8 Å². The van der Waals surface area contributed by atoms with E-state index in [-0.39, 0.29) is 0 Å². The number of benzene rings is 2. The fourth-order valence-electron chi connectivity index (χ4n) is 2.07. The molecule has 0 saturated heterocycles. The van der Waals surface area contributed by atoms with Crippen LogP contribution in [0.5, 0.6) is 0 Å². The summed E-state index contributed by atoms with van der Waals surface area (Å²) in [6.07, 6.45) is 1.76. The number of hydrogen-bond acceptors (Lipinski definition) is 3. The summed E-state index contributed by atoms with van der Waals surface area (Å²) in [6.45, 7) is 0. The number of aromatic amines is 1. The standard InChI is InChI=1S/C16H16N4/c17-14-9-6-12(7-10-14)8-11-15-18-16(20-19-15)13-4-2-1-3-5-13/h1-7,9-10H,8,11,17H2,(H,18,19,20). The van der Waals surface area contributed by atoms with Gasteiger partial charge < -0.3 is 5.73 Å². The Balaban J connectivity index is 1.67. The molecule has 20 heavy (non-hydrogen) atoms. The average Bonchev–Trinajstić information content (AvgIpc) is 2.97. The van der Waals surface area contributed by atoms with Gasteiger partial charge in [-0.2, -0.15) is 5.10 Å². The minimum Gasteiger partial charge on any atom is -0.399 e. The number of hydrogen-bond donors (Lipinski definition) is 2. The lowest BCUT2D eigenvalue weighted by molar-refractivity contribution is 0.865. The fourth-order valence-corrected chi connectivity index (χ4v) is 2.07. The first-order chi connectivity index (χ1) is 9.81. The van der Waals surface area contributed by atoms with E-state index < -0.39 is 0 Å². The molecular weight excluding hydrogens is 248 g/mol. The van der Waals surface area contributed by atoms with Crippen LogP contribution < -0.4 is 5.73 Å². The number of anilines is 1. The van der Waals surface area contributed by atoms with Crippen LogP contribution in [-0.4, -0.2) is 15.2 Å². The molecule has 0 amide bonds. The first-order valence-corrected chi connectivity index (χ1v) is 6.62. The summed E-state index contributed by atoms with van der Waals surface area (Å²) in [5.74, 6) is 1.65. The molecule has 0 unspecified atom stereocenters. The highest BCUT2D eigenvalue weighted by atomic mass is 15.2. The topological polar surface area (TPSA) is 67.6 Å². The van der Waals surface area contributed by atoms with Gasteiger partial charge in [-0.3, -0.25) is 5.10 Å². The highest BCUT2D eigenvalue weighted by Crippen LogP contribution is 2.14. The molecule has 0 saturated carbocycles. The second-order valence-corrected chi connectivity index (χ2v) is 4.71. The molecule has 0 aliphatic carbocycles. The van der Waals surface area contributed by atoms with Gasteiger partial charge in [0.25, 0.3) is 0 Å². The quantitative estimate of drug-likeness (QED) is 0.712. The Kier molecular flexibility index (Phi) is 3.46. The van der Waals surface area contributed by atoms with Gasteiger partial charge in [-0.25, -0.2) is 4.98 Å². The van der Waals surface area contributed by atoms with E-state index in [2.05, 4.69) is 15.2 Å². The number of aromatic nitrogens is 3. The van der Waals surface area contributed by atoms with E-state index in [0.29, 0.717) is 0 Å². The molecule has 1 heterocycles. The lowest BCUT2D eigenvalue weighted by Crippen LogP contribution is -1.94. The van der Waals surface area contributed by atoms with Crippen molar-refractivity contribution < 1.29 is 0 Å². The molecule has 4 heteroatoms. The molecule has 2 aromatic carbocycles. The summed E-state index contributed by atoms with van der Waals surface area (Å²) >= 11 is 0. The third-order valence-electron chi connectivity index (χ3n) is 3.19. The monoisotopic (exact) mass is 264 g/mol. The zero-order chi connectivity index (χ0) is 13.8. The van der Waals surface area contributed by atoms with Crippen LogP contribution in [0.3, 0.4) is 0 Å². The van der Waals surface area contributed by atoms with Gasteiger partial charge in [-0.05, 0) is 24.1 Å². The van der Waals surface area contributed by atoms with Gasteiger partial charge in [0.2, 0.25) is 0 Å². The van der Waals surface area contributed by atoms with Crippen molar-refractivity contribution in [2.75, 3.05) is 5.73 Å². The Bertz CT molecular complexity index is 671. The van der Waals surface area contributed by atoms with Gasteiger partial charge in [-0.1, -0.05) is 42.5 Å². The summed E-state index contributed by atoms with van der Waals surface area (Å²) < 4.78 is 0. The van der Waals surface area contributed by atoms with Crippen molar-refractivity contribution in [3.05, 3.63) is 66.0 Å². The van der Waals surface area contributed by atoms with Gasteiger partial charge in [-0.15, -0.1) is 0 Å². The number of nitrogens with zero attached hydrogens (tertiary/aromatic N) is 2. The normalized spacial score (nSPS) is 10.6. The Hall–Kier alpha value is -2.62. The number of aryl methyl sites for hydroxylation is 2. The van der Waals surface area contributed by atoms with E-state index in [4.69, 9.17) is 5.73 Å². The van der Waals surface area contributed by atoms with Crippen LogP contribution in [0.4, 0.5) is 5.69 Å². The smallest absolute Gasteiger partial charge is 0.181 e. The third-order valence-corrected chi connectivity index (χ3v) is 3.19. The molecular formula is C16H16N4. The third kappa shape index (κ3) is 2.85. The highest BCUT2D eigenvalue weighted by Gasteiger charge is 2.05. The Morgan fingerprint density at radius 1 is 0.900 bits per heavy atom. The van der Waals surface area contributed by atoms with Crippen LogP contribution in [0.2, 0.25) is 0 Å². The molecule has 0 aliphatic rings. The summed E-state index contributed by atoms with van der Waals surface area (Å²) in [7, 11) is 0. The van der Waals surface area contributed by atoms with Crippen molar-refractivity contribution in [1.82, 2.24) is 15.2 Å². The van der Waals surface area contributed by atoms with Crippen molar-refractivity contribution in [2.24, 2.45) is 0 Å². The Morgan fingerprint density at radius 2 is 1.65 bits per heavy atom. The number of rotatable bonds is 4. The molecule has 0 spiro atoms. The molecule has 0 radical (unpaired) electrons. The molecule has 3 N–H and O–H groups in total. The predicted octanol–water partition coefficient (Wildman–Crippen LogP) is 2.84. The molecule has 100 valence electrons. The largest absolute Gasteiger partial charge is 0.399 e. The van der Waals surface area contributed by atoms with Gasteiger partial charge in [0, 0.05) is 17.7 Å². The molecule has 3 rings (SSSR count). The van der Waals surface area contributed by atoms with Gasteiger partial charge in [0.1, 0.15) is 5.82 Å². The zero-order valence-corrected chi connectivity index (χ0v) is 11.1. The maximum absolute atomic E-state index is 5.67. The van der Waals surface area contributed by atoms with E-state index in [1.54, 1.807) is 0 Å². The van der Waals surface area contributed by atoms with Gasteiger partial charge in [0.05, 0.1) is 0 Å². The summed E-state index contributed by atoms with van der Waals surface area (Å²) in [5.41, 5.74) is 8.74. The molecule has 0 bridgehead atoms. The van der Waals surface area contributed by atoms with Crippen molar-refractivity contribution in [3.8, 4) is 11.4 Å². The molecule has 0 aliphatic heterocycles. The van der Waals surface area contributed by atoms with Crippen LogP contribution >= 0.6 is 0 Å². The maximum atomic E-state index is 5.67. The molecule has 1 aromatic heterocycles. The molecule has 4 nitrogen and oxygen atoms in total. The summed E-state index contributed by atoms with van der Waals surface area (Å²) in [5, 5.41) is 7.26. The predicted molar refractivity (Wildman–Crippen MR) is 80.1 cm³/mol. The minimum atomic E-state index is 0.748. The van der Waals surface area contributed by atoms with Crippen molar-refractivity contribution in [1.29, 1.82) is 0 Å². The van der Waals surface area contributed by atoms with Crippen LogP contribution in [0, 0.1) is 0 Å². The van der Waals surface area contributed by atoms with Crippen molar-refractivity contribution >= 4 is 5.69 Å². The Morgan fingerprint density at radius 3 is 2.40 bits per heavy atom. The first kappa shape index (κ1) is 12.4. The number of nitrogens with two attached hydrogens (primary N) is 1. The number of nitrogens with one attached hydrogen (secondary N) is 1. The summed E-state index contributed by atoms with van der Waals surface area (Å²) in [6, 6.07) is 17.9. The second-order valence-electron chi connectivity index (χ2n) is 4.71. The average molecular weight is 264 g/mol. The maximum Gasteiger partial charge on any atom is 0.181 e. The second kappa shape index (κ2) is 5.57. The van der Waals surface area contributed by atoms with Crippen molar-refractivity contribution in [3.63, 3.8) is 0 Å². The van der Waals surface area contributed by atoms with E-state index in [1.807, 2.05) is 54.6 Å². The lowest BCUT2D eigenvalue weighted by atomic mass is 10.1. The van der Waals surface area contributed by atoms with Crippen LogP contribution in [0.15, 0.2) is 54.6 Å². The SMILES string of the molecule is Nc1ccc(CCc2nc(-c3ccccc3)n[nH]2)cc1. The van der Waals surface area contributed by atoms with Crippen LogP contribution in [0.1, 0.15) is 11.4 Å². The van der Waals surface area contributed by atoms with E-state index in [0.717, 1.165) is 35.7 Å². The lowest BCUT2D eigenvalue weighted by Gasteiger charge is -1.99.